The Balaban J connectivity index is 1.48. The smallest absolute Gasteiger partial charge is 0.261 e. The second-order valence-corrected chi connectivity index (χ2v) is 6.74. The lowest BCUT2D eigenvalue weighted by Gasteiger charge is -2.27. The summed E-state index contributed by atoms with van der Waals surface area (Å²) in [5, 5.41) is 0. The van der Waals surface area contributed by atoms with Crippen LogP contribution in [-0.2, 0) is 0 Å². The Morgan fingerprint density at radius 3 is 2.31 bits per heavy atom. The van der Waals surface area contributed by atoms with E-state index in [1.54, 1.807) is 31.4 Å². The Kier molecular flexibility index (Phi) is 4.47. The van der Waals surface area contributed by atoms with Gasteiger partial charge in [0.05, 0.1) is 18.2 Å². The van der Waals surface area contributed by atoms with Crippen LogP contribution in [-0.4, -0.2) is 48.4 Å². The number of carbonyl (C=O) groups is 2. The number of carbonyl (C=O) groups excluding carboxylic acids is 2. The largest absolute Gasteiger partial charge is 0.496 e. The van der Waals surface area contributed by atoms with E-state index in [0.29, 0.717) is 24.2 Å². The van der Waals surface area contributed by atoms with E-state index in [-0.39, 0.29) is 17.9 Å². The number of likely N-dealkylation sites (tertiary alicyclic amines) is 1. The molecule has 2 heterocycles. The molecule has 0 N–H and O–H groups in total. The lowest BCUT2D eigenvalue weighted by atomic mass is 10.0. The van der Waals surface area contributed by atoms with E-state index >= 15 is 0 Å². The number of ether oxygens (including phenoxy) is 1. The van der Waals surface area contributed by atoms with Gasteiger partial charge < -0.3 is 4.74 Å². The Bertz CT molecular complexity index is 814. The van der Waals surface area contributed by atoms with Crippen LogP contribution in [0.15, 0.2) is 48.5 Å². The summed E-state index contributed by atoms with van der Waals surface area (Å²) in [6.45, 7) is 2.05. The van der Waals surface area contributed by atoms with Crippen molar-refractivity contribution in [1.29, 1.82) is 0 Å². The third-order valence-corrected chi connectivity index (χ3v) is 5.35. The molecule has 4 rings (SSSR count). The summed E-state index contributed by atoms with van der Waals surface area (Å²) in [4.78, 5) is 28.8. The van der Waals surface area contributed by atoms with Crippen LogP contribution < -0.4 is 4.74 Å². The number of methoxy groups -OCH3 is 1. The molecule has 2 aliphatic rings. The minimum atomic E-state index is -0.182. The van der Waals surface area contributed by atoms with E-state index in [9.17, 15) is 9.59 Å². The molecule has 0 saturated carbocycles. The number of imide groups is 1. The first-order chi connectivity index (χ1) is 12.7. The number of fused-ring (bicyclic) bond motifs is 1. The molecule has 1 fully saturated rings. The molecule has 2 aromatic rings. The molecule has 0 aromatic heterocycles. The predicted octanol–water partition coefficient (Wildman–Crippen LogP) is 3.13. The standard InChI is InChI=1S/C21H22N2O3/c1-26-19-11-5-4-9-17(19)18-10-6-12-22(18)13-14-23-20(24)15-7-2-3-8-16(15)21(23)25/h2-5,7-9,11,18H,6,10,12-14H2,1H3. The van der Waals surface area contributed by atoms with Crippen LogP contribution in [0.2, 0.25) is 0 Å². The summed E-state index contributed by atoms with van der Waals surface area (Å²) in [7, 11) is 1.69. The maximum Gasteiger partial charge on any atom is 0.261 e. The molecule has 1 unspecified atom stereocenters. The molecular weight excluding hydrogens is 328 g/mol. The highest BCUT2D eigenvalue weighted by molar-refractivity contribution is 6.21. The maximum absolute atomic E-state index is 12.5. The van der Waals surface area contributed by atoms with Crippen molar-refractivity contribution in [3.05, 3.63) is 65.2 Å². The highest BCUT2D eigenvalue weighted by atomic mass is 16.5. The summed E-state index contributed by atoms with van der Waals surface area (Å²) < 4.78 is 5.52. The van der Waals surface area contributed by atoms with Crippen LogP contribution in [0, 0.1) is 0 Å². The van der Waals surface area contributed by atoms with Gasteiger partial charge in [-0.25, -0.2) is 0 Å². The van der Waals surface area contributed by atoms with Crippen molar-refractivity contribution < 1.29 is 14.3 Å². The lowest BCUT2D eigenvalue weighted by Crippen LogP contribution is -2.38. The van der Waals surface area contributed by atoms with Crippen molar-refractivity contribution in [2.75, 3.05) is 26.7 Å². The molecule has 2 aromatic carbocycles. The van der Waals surface area contributed by atoms with Crippen LogP contribution in [0.1, 0.15) is 45.2 Å². The van der Waals surface area contributed by atoms with E-state index in [0.717, 1.165) is 25.1 Å². The van der Waals surface area contributed by atoms with Gasteiger partial charge in [0, 0.05) is 24.7 Å². The third kappa shape index (κ3) is 2.78. The van der Waals surface area contributed by atoms with Gasteiger partial charge in [-0.2, -0.15) is 0 Å². The first kappa shape index (κ1) is 16.8. The van der Waals surface area contributed by atoms with E-state index in [4.69, 9.17) is 4.74 Å². The first-order valence-electron chi connectivity index (χ1n) is 9.03. The molecule has 2 amide bonds. The number of hydrogen-bond donors (Lipinski definition) is 0. The van der Waals surface area contributed by atoms with Crippen molar-refractivity contribution in [2.45, 2.75) is 18.9 Å². The van der Waals surface area contributed by atoms with Crippen molar-refractivity contribution >= 4 is 11.8 Å². The Morgan fingerprint density at radius 1 is 0.962 bits per heavy atom. The second-order valence-electron chi connectivity index (χ2n) is 6.74. The van der Waals surface area contributed by atoms with Gasteiger partial charge >= 0.3 is 0 Å². The monoisotopic (exact) mass is 350 g/mol. The van der Waals surface area contributed by atoms with Crippen LogP contribution in [0.25, 0.3) is 0 Å². The average molecular weight is 350 g/mol. The Hall–Kier alpha value is -2.66. The predicted molar refractivity (Wildman–Crippen MR) is 98.4 cm³/mol. The van der Waals surface area contributed by atoms with Crippen molar-refractivity contribution in [3.8, 4) is 5.75 Å². The number of nitrogens with zero attached hydrogens (tertiary/aromatic N) is 2. The third-order valence-electron chi connectivity index (χ3n) is 5.35. The van der Waals surface area contributed by atoms with Crippen LogP contribution in [0.3, 0.4) is 0 Å². The van der Waals surface area contributed by atoms with E-state index in [1.165, 1.54) is 10.5 Å². The van der Waals surface area contributed by atoms with Gasteiger partial charge in [-0.05, 0) is 37.6 Å². The Labute approximate surface area is 153 Å². The zero-order valence-corrected chi connectivity index (χ0v) is 14.9. The lowest BCUT2D eigenvalue weighted by molar-refractivity contribution is 0.0632. The highest BCUT2D eigenvalue weighted by Gasteiger charge is 2.36. The fourth-order valence-electron chi connectivity index (χ4n) is 4.06. The number of benzene rings is 2. The maximum atomic E-state index is 12.5. The van der Waals surface area contributed by atoms with Gasteiger partial charge in [-0.1, -0.05) is 30.3 Å². The summed E-state index contributed by atoms with van der Waals surface area (Å²) >= 11 is 0. The molecule has 0 aliphatic carbocycles. The molecule has 5 heteroatoms. The SMILES string of the molecule is COc1ccccc1C1CCCN1CCN1C(=O)c2ccccc2C1=O. The molecule has 0 radical (unpaired) electrons. The van der Waals surface area contributed by atoms with E-state index in [1.807, 2.05) is 18.2 Å². The zero-order chi connectivity index (χ0) is 18.1. The molecule has 5 nitrogen and oxygen atoms in total. The van der Waals surface area contributed by atoms with E-state index in [2.05, 4.69) is 11.0 Å². The Morgan fingerprint density at radius 2 is 1.62 bits per heavy atom. The topological polar surface area (TPSA) is 49.9 Å². The van der Waals surface area contributed by atoms with Crippen LogP contribution in [0.5, 0.6) is 5.75 Å². The normalized spacial score (nSPS) is 19.9. The fourth-order valence-corrected chi connectivity index (χ4v) is 4.06. The van der Waals surface area contributed by atoms with Crippen molar-refractivity contribution in [1.82, 2.24) is 9.80 Å². The van der Waals surface area contributed by atoms with Gasteiger partial charge in [-0.3, -0.25) is 19.4 Å². The summed E-state index contributed by atoms with van der Waals surface area (Å²) in [6.07, 6.45) is 2.16. The molecule has 134 valence electrons. The number of amides is 2. The molecule has 0 spiro atoms. The summed E-state index contributed by atoms with van der Waals surface area (Å²) in [5.41, 5.74) is 2.20. The molecule has 1 atom stereocenters. The average Bonchev–Trinajstić information content (AvgIpc) is 3.24. The quantitative estimate of drug-likeness (QED) is 0.778. The molecule has 26 heavy (non-hydrogen) atoms. The number of hydrogen-bond acceptors (Lipinski definition) is 4. The number of para-hydroxylation sites is 1. The first-order valence-corrected chi connectivity index (χ1v) is 9.03. The van der Waals surface area contributed by atoms with Gasteiger partial charge in [0.15, 0.2) is 0 Å². The minimum absolute atomic E-state index is 0.182. The van der Waals surface area contributed by atoms with Gasteiger partial charge in [-0.15, -0.1) is 0 Å². The minimum Gasteiger partial charge on any atom is -0.496 e. The zero-order valence-electron chi connectivity index (χ0n) is 14.9. The highest BCUT2D eigenvalue weighted by Crippen LogP contribution is 2.36. The molecule has 1 saturated heterocycles. The van der Waals surface area contributed by atoms with Crippen molar-refractivity contribution in [2.24, 2.45) is 0 Å². The van der Waals surface area contributed by atoms with Crippen LogP contribution >= 0.6 is 0 Å². The summed E-state index contributed by atoms with van der Waals surface area (Å²) in [6, 6.07) is 15.4. The van der Waals surface area contributed by atoms with Gasteiger partial charge in [0.2, 0.25) is 0 Å². The fraction of sp³-hybridized carbons (Fsp3) is 0.333. The summed E-state index contributed by atoms with van der Waals surface area (Å²) in [5.74, 6) is 0.530. The molecule has 2 aliphatic heterocycles. The second kappa shape index (κ2) is 6.92. The molecular formula is C21H22N2O3. The van der Waals surface area contributed by atoms with Crippen molar-refractivity contribution in [3.63, 3.8) is 0 Å². The molecule has 0 bridgehead atoms. The van der Waals surface area contributed by atoms with Crippen LogP contribution in [0.4, 0.5) is 0 Å². The van der Waals surface area contributed by atoms with E-state index < -0.39 is 0 Å². The van der Waals surface area contributed by atoms with Gasteiger partial charge in [0.1, 0.15) is 5.75 Å². The van der Waals surface area contributed by atoms with Gasteiger partial charge in [0.25, 0.3) is 11.8 Å². The number of rotatable bonds is 5.